The lowest BCUT2D eigenvalue weighted by atomic mass is 10.1. The molecule has 1 saturated heterocycles. The highest BCUT2D eigenvalue weighted by molar-refractivity contribution is 8.04. The summed E-state index contributed by atoms with van der Waals surface area (Å²) in [5.74, 6) is 0.924. The molecule has 1 atom stereocenters. The first kappa shape index (κ1) is 19.3. The van der Waals surface area contributed by atoms with E-state index >= 15 is 0 Å². The lowest BCUT2D eigenvalue weighted by Gasteiger charge is -2.40. The van der Waals surface area contributed by atoms with Crippen molar-refractivity contribution in [3.8, 4) is 17.0 Å². The Bertz CT molecular complexity index is 1040. The number of benzene rings is 1. The zero-order chi connectivity index (χ0) is 20.5. The molecule has 3 aliphatic heterocycles. The van der Waals surface area contributed by atoms with Gasteiger partial charge in [0.05, 0.1) is 23.1 Å². The third-order valence-corrected chi connectivity index (χ3v) is 6.62. The largest absolute Gasteiger partial charge is 0.492 e. The molecule has 30 heavy (non-hydrogen) atoms. The minimum Gasteiger partial charge on any atom is -0.492 e. The van der Waals surface area contributed by atoms with Crippen molar-refractivity contribution in [2.24, 2.45) is 0 Å². The van der Waals surface area contributed by atoms with E-state index in [0.29, 0.717) is 12.6 Å². The normalized spacial score (nSPS) is 19.2. The van der Waals surface area contributed by atoms with E-state index in [0.717, 1.165) is 31.1 Å². The number of aromatic nitrogens is 1. The van der Waals surface area contributed by atoms with Gasteiger partial charge in [-0.2, -0.15) is 0 Å². The number of piperazine rings is 1. The topological polar surface area (TPSA) is 40.6 Å². The van der Waals surface area contributed by atoms with Crippen LogP contribution in [0.25, 0.3) is 17.3 Å². The minimum absolute atomic E-state index is 0.313. The zero-order valence-electron chi connectivity index (χ0n) is 17.3. The SMILES string of the molecule is CC1=Cc2c(c3ccccnc-3c2N2CCN(C)[C@@H](COc3ccccc3)C2)NS1. The lowest BCUT2D eigenvalue weighted by molar-refractivity contribution is 0.148. The van der Waals surface area contributed by atoms with E-state index in [1.165, 1.54) is 27.4 Å². The van der Waals surface area contributed by atoms with Crippen molar-refractivity contribution in [1.29, 1.82) is 0 Å². The van der Waals surface area contributed by atoms with Crippen LogP contribution in [0.5, 0.6) is 5.75 Å². The van der Waals surface area contributed by atoms with Crippen molar-refractivity contribution in [2.45, 2.75) is 13.0 Å². The fraction of sp³-hybridized carbons (Fsp3) is 0.292. The molecule has 5 rings (SSSR count). The number of nitrogens with one attached hydrogen (secondary N) is 1. The van der Waals surface area contributed by atoms with Crippen molar-refractivity contribution in [3.05, 3.63) is 65.2 Å². The van der Waals surface area contributed by atoms with Crippen LogP contribution < -0.4 is 14.4 Å². The van der Waals surface area contributed by atoms with E-state index < -0.39 is 0 Å². The monoisotopic (exact) mass is 418 g/mol. The predicted molar refractivity (Wildman–Crippen MR) is 126 cm³/mol. The molecular formula is C24H26N4OS. The fourth-order valence-corrected chi connectivity index (χ4v) is 4.88. The molecular weight excluding hydrogens is 392 g/mol. The maximum Gasteiger partial charge on any atom is 0.119 e. The number of hydrogen-bond acceptors (Lipinski definition) is 6. The summed E-state index contributed by atoms with van der Waals surface area (Å²) in [5, 5.41) is 0. The second-order valence-corrected chi connectivity index (χ2v) is 8.95. The molecule has 0 amide bonds. The fourth-order valence-electron chi connectivity index (χ4n) is 4.22. The first-order valence-corrected chi connectivity index (χ1v) is 11.2. The van der Waals surface area contributed by atoms with Gasteiger partial charge in [-0.3, -0.25) is 9.88 Å². The molecule has 5 nitrogen and oxygen atoms in total. The number of ether oxygens (including phenoxy) is 1. The third-order valence-electron chi connectivity index (χ3n) is 5.88. The van der Waals surface area contributed by atoms with Gasteiger partial charge in [-0.25, -0.2) is 0 Å². The number of anilines is 2. The lowest BCUT2D eigenvalue weighted by Crippen LogP contribution is -2.54. The summed E-state index contributed by atoms with van der Waals surface area (Å²) in [7, 11) is 2.19. The minimum atomic E-state index is 0.313. The quantitative estimate of drug-likeness (QED) is 0.613. The Morgan fingerprint density at radius 3 is 2.83 bits per heavy atom. The average molecular weight is 419 g/mol. The summed E-state index contributed by atoms with van der Waals surface area (Å²) in [6.45, 7) is 5.70. The molecule has 0 bridgehead atoms. The molecule has 0 saturated carbocycles. The van der Waals surface area contributed by atoms with Crippen molar-refractivity contribution >= 4 is 29.4 Å². The number of hydrogen-bond donors (Lipinski definition) is 1. The first-order valence-electron chi connectivity index (χ1n) is 10.4. The van der Waals surface area contributed by atoms with Gasteiger partial charge in [-0.15, -0.1) is 0 Å². The maximum atomic E-state index is 6.10. The molecule has 154 valence electrons. The number of allylic oxidation sites excluding steroid dienone is 1. The van der Waals surface area contributed by atoms with Crippen molar-refractivity contribution in [1.82, 2.24) is 9.88 Å². The third kappa shape index (κ3) is 3.61. The van der Waals surface area contributed by atoms with Crippen LogP contribution in [0.2, 0.25) is 0 Å². The summed E-state index contributed by atoms with van der Waals surface area (Å²) in [5.41, 5.74) is 5.91. The second kappa shape index (κ2) is 8.20. The molecule has 0 unspecified atom stereocenters. The van der Waals surface area contributed by atoms with E-state index in [2.05, 4.69) is 46.7 Å². The Balaban J connectivity index is 1.46. The van der Waals surface area contributed by atoms with E-state index in [9.17, 15) is 0 Å². The van der Waals surface area contributed by atoms with Gasteiger partial charge in [0, 0.05) is 41.9 Å². The van der Waals surface area contributed by atoms with Gasteiger partial charge in [0.2, 0.25) is 0 Å². The maximum absolute atomic E-state index is 6.10. The Labute approximate surface area is 182 Å². The van der Waals surface area contributed by atoms with Gasteiger partial charge in [0.15, 0.2) is 0 Å². The van der Waals surface area contributed by atoms with Crippen LogP contribution in [-0.4, -0.2) is 49.2 Å². The smallest absolute Gasteiger partial charge is 0.119 e. The van der Waals surface area contributed by atoms with Crippen molar-refractivity contribution < 1.29 is 4.74 Å². The van der Waals surface area contributed by atoms with Crippen LogP contribution in [0.4, 0.5) is 11.4 Å². The Kier molecular flexibility index (Phi) is 5.27. The highest BCUT2D eigenvalue weighted by atomic mass is 32.2. The molecule has 1 aromatic rings. The van der Waals surface area contributed by atoms with Crippen LogP contribution >= 0.6 is 11.9 Å². The first-order chi connectivity index (χ1) is 14.7. The Morgan fingerprint density at radius 2 is 1.97 bits per heavy atom. The number of rotatable bonds is 4. The predicted octanol–water partition coefficient (Wildman–Crippen LogP) is 4.82. The van der Waals surface area contributed by atoms with E-state index in [1.807, 2.05) is 42.6 Å². The Morgan fingerprint density at radius 1 is 1.13 bits per heavy atom. The van der Waals surface area contributed by atoms with Crippen molar-refractivity contribution in [2.75, 3.05) is 42.9 Å². The molecule has 0 radical (unpaired) electrons. The van der Waals surface area contributed by atoms with Gasteiger partial charge in [-0.05, 0) is 50.2 Å². The molecule has 1 N–H and O–H groups in total. The number of likely N-dealkylation sites (N-methyl/N-ethyl adjacent to an activating group) is 1. The average Bonchev–Trinajstić information content (AvgIpc) is 2.90. The molecule has 6 heteroatoms. The van der Waals surface area contributed by atoms with E-state index in [-0.39, 0.29) is 0 Å². The number of fused-ring (bicyclic) bond motifs is 3. The highest BCUT2D eigenvalue weighted by Gasteiger charge is 2.33. The van der Waals surface area contributed by atoms with E-state index in [4.69, 9.17) is 9.72 Å². The summed E-state index contributed by atoms with van der Waals surface area (Å²) in [6.07, 6.45) is 4.19. The molecule has 0 spiro atoms. The van der Waals surface area contributed by atoms with Crippen molar-refractivity contribution in [3.63, 3.8) is 0 Å². The molecule has 3 heterocycles. The summed E-state index contributed by atoms with van der Waals surface area (Å²) in [4.78, 5) is 11.0. The number of nitrogens with zero attached hydrogens (tertiary/aromatic N) is 3. The molecule has 0 aromatic heterocycles. The second-order valence-electron chi connectivity index (χ2n) is 7.89. The van der Waals surface area contributed by atoms with Gasteiger partial charge < -0.3 is 14.4 Å². The van der Waals surface area contributed by atoms with Gasteiger partial charge >= 0.3 is 0 Å². The summed E-state index contributed by atoms with van der Waals surface area (Å²) in [6, 6.07) is 16.6. The van der Waals surface area contributed by atoms with Gasteiger partial charge in [-0.1, -0.05) is 30.3 Å². The molecule has 1 aliphatic carbocycles. The van der Waals surface area contributed by atoms with Crippen LogP contribution in [0.1, 0.15) is 12.5 Å². The highest BCUT2D eigenvalue weighted by Crippen LogP contribution is 2.50. The van der Waals surface area contributed by atoms with Crippen LogP contribution in [0.3, 0.4) is 0 Å². The van der Waals surface area contributed by atoms with Crippen LogP contribution in [0, 0.1) is 0 Å². The Hall–Kier alpha value is -2.70. The summed E-state index contributed by atoms with van der Waals surface area (Å²) >= 11 is 1.68. The van der Waals surface area contributed by atoms with Crippen LogP contribution in [-0.2, 0) is 0 Å². The standard InChI is InChI=1S/C24H26N4OS/c1-17-14-21-22(26-30-17)20-10-6-7-11-25-23(20)24(21)28-13-12-27(2)18(15-28)16-29-19-8-4-3-5-9-19/h3-11,14,18,26H,12-13,15-16H2,1-2H3/t18-/m1/s1. The van der Waals surface area contributed by atoms with Crippen LogP contribution in [0.15, 0.2) is 59.6 Å². The summed E-state index contributed by atoms with van der Waals surface area (Å²) < 4.78 is 9.64. The van der Waals surface area contributed by atoms with E-state index in [1.54, 1.807) is 11.9 Å². The number of para-hydroxylation sites is 1. The van der Waals surface area contributed by atoms with Gasteiger partial charge in [0.1, 0.15) is 12.4 Å². The molecule has 1 fully saturated rings. The zero-order valence-corrected chi connectivity index (χ0v) is 18.2. The van der Waals surface area contributed by atoms with Gasteiger partial charge in [0.25, 0.3) is 0 Å². The molecule has 1 aromatic carbocycles. The molecule has 4 aliphatic rings.